The third-order valence-electron chi connectivity index (χ3n) is 4.14. The Morgan fingerprint density at radius 3 is 2.64 bits per heavy atom. The van der Waals surface area contributed by atoms with Gasteiger partial charge in [0.1, 0.15) is 11.5 Å². The molecule has 1 aliphatic heterocycles. The van der Waals surface area contributed by atoms with Gasteiger partial charge in [-0.05, 0) is 68.2 Å². The number of hydrogen-bond donors (Lipinski definition) is 2. The lowest BCUT2D eigenvalue weighted by atomic mass is 10.0. The highest BCUT2D eigenvalue weighted by molar-refractivity contribution is 6.32. The van der Waals surface area contributed by atoms with E-state index in [0.29, 0.717) is 28.9 Å². The standard InChI is InChI=1S/C19H21ClN2O2.ClH/c20-17-3-1-2-4-18(17)24-16-8-6-15(7-9-16)22-19(23)10-5-14-11-12-21-13-14;/h1-4,6-9,14,21H,5,10-13H2,(H,22,23);1H. The second-order valence-corrected chi connectivity index (χ2v) is 6.41. The number of halogens is 2. The topological polar surface area (TPSA) is 50.4 Å². The van der Waals surface area contributed by atoms with Gasteiger partial charge >= 0.3 is 0 Å². The van der Waals surface area contributed by atoms with Crippen molar-refractivity contribution in [3.05, 3.63) is 53.6 Å². The van der Waals surface area contributed by atoms with Crippen LogP contribution in [0.25, 0.3) is 0 Å². The number of benzene rings is 2. The minimum Gasteiger partial charge on any atom is -0.456 e. The summed E-state index contributed by atoms with van der Waals surface area (Å²) in [5, 5.41) is 6.81. The molecule has 0 aromatic heterocycles. The molecule has 6 heteroatoms. The molecule has 0 bridgehead atoms. The molecule has 1 atom stereocenters. The summed E-state index contributed by atoms with van der Waals surface area (Å²) in [6.45, 7) is 2.10. The van der Waals surface area contributed by atoms with Crippen LogP contribution >= 0.6 is 24.0 Å². The van der Waals surface area contributed by atoms with Crippen LogP contribution in [0.2, 0.25) is 5.02 Å². The van der Waals surface area contributed by atoms with Gasteiger partial charge in [-0.1, -0.05) is 23.7 Å². The predicted octanol–water partition coefficient (Wildman–Crippen LogP) is 4.88. The Kier molecular flexibility index (Phi) is 7.56. The number of nitrogens with one attached hydrogen (secondary N) is 2. The normalized spacial score (nSPS) is 16.1. The molecule has 134 valence electrons. The van der Waals surface area contributed by atoms with Crippen molar-refractivity contribution in [2.24, 2.45) is 5.92 Å². The Morgan fingerprint density at radius 1 is 1.20 bits per heavy atom. The van der Waals surface area contributed by atoms with Crippen molar-refractivity contribution in [2.45, 2.75) is 19.3 Å². The lowest BCUT2D eigenvalue weighted by molar-refractivity contribution is -0.116. The van der Waals surface area contributed by atoms with E-state index in [-0.39, 0.29) is 18.3 Å². The van der Waals surface area contributed by atoms with Crippen LogP contribution in [-0.2, 0) is 4.79 Å². The summed E-state index contributed by atoms with van der Waals surface area (Å²) in [6.07, 6.45) is 2.66. The van der Waals surface area contributed by atoms with Crippen molar-refractivity contribution < 1.29 is 9.53 Å². The van der Waals surface area contributed by atoms with Crippen LogP contribution in [0.3, 0.4) is 0 Å². The maximum Gasteiger partial charge on any atom is 0.224 e. The van der Waals surface area contributed by atoms with Gasteiger partial charge in [0.2, 0.25) is 5.91 Å². The molecular weight excluding hydrogens is 359 g/mol. The maximum absolute atomic E-state index is 12.0. The first-order valence-corrected chi connectivity index (χ1v) is 8.61. The first-order chi connectivity index (χ1) is 11.7. The summed E-state index contributed by atoms with van der Waals surface area (Å²) in [6, 6.07) is 14.6. The van der Waals surface area contributed by atoms with Crippen molar-refractivity contribution >= 4 is 35.6 Å². The molecule has 3 rings (SSSR count). The highest BCUT2D eigenvalue weighted by atomic mass is 35.5. The van der Waals surface area contributed by atoms with Crippen LogP contribution in [0.4, 0.5) is 5.69 Å². The lowest BCUT2D eigenvalue weighted by Crippen LogP contribution is -2.14. The quantitative estimate of drug-likeness (QED) is 0.750. The van der Waals surface area contributed by atoms with E-state index in [2.05, 4.69) is 10.6 Å². The molecule has 0 saturated carbocycles. The first kappa shape index (κ1) is 19.6. The van der Waals surface area contributed by atoms with E-state index >= 15 is 0 Å². The van der Waals surface area contributed by atoms with Crippen molar-refractivity contribution in [2.75, 3.05) is 18.4 Å². The molecule has 2 aromatic rings. The number of hydrogen-bond acceptors (Lipinski definition) is 3. The number of carbonyl (C=O) groups is 1. The number of para-hydroxylation sites is 1. The van der Waals surface area contributed by atoms with Gasteiger partial charge < -0.3 is 15.4 Å². The Labute approximate surface area is 159 Å². The van der Waals surface area contributed by atoms with E-state index < -0.39 is 0 Å². The van der Waals surface area contributed by atoms with Gasteiger partial charge in [-0.15, -0.1) is 12.4 Å². The van der Waals surface area contributed by atoms with Gasteiger partial charge in [-0.25, -0.2) is 0 Å². The molecule has 25 heavy (non-hydrogen) atoms. The van der Waals surface area contributed by atoms with E-state index in [9.17, 15) is 4.79 Å². The van der Waals surface area contributed by atoms with Crippen molar-refractivity contribution in [3.63, 3.8) is 0 Å². The van der Waals surface area contributed by atoms with Crippen molar-refractivity contribution in [1.29, 1.82) is 0 Å². The SMILES string of the molecule is Cl.O=C(CCC1CCNC1)Nc1ccc(Oc2ccccc2Cl)cc1. The van der Waals surface area contributed by atoms with Crippen LogP contribution in [0.15, 0.2) is 48.5 Å². The molecular formula is C19H22Cl2N2O2. The highest BCUT2D eigenvalue weighted by Crippen LogP contribution is 2.29. The minimum absolute atomic E-state index is 0. The second kappa shape index (κ2) is 9.66. The summed E-state index contributed by atoms with van der Waals surface area (Å²) in [5.41, 5.74) is 0.774. The molecule has 1 amide bonds. The molecule has 4 nitrogen and oxygen atoms in total. The fourth-order valence-electron chi connectivity index (χ4n) is 2.78. The van der Waals surface area contributed by atoms with E-state index in [1.54, 1.807) is 6.07 Å². The molecule has 1 heterocycles. The zero-order valence-corrected chi connectivity index (χ0v) is 15.4. The monoisotopic (exact) mass is 380 g/mol. The molecule has 0 spiro atoms. The minimum atomic E-state index is 0. The Bertz CT molecular complexity index is 686. The molecule has 1 fully saturated rings. The van der Waals surface area contributed by atoms with Gasteiger partial charge in [-0.2, -0.15) is 0 Å². The number of rotatable bonds is 6. The third kappa shape index (κ3) is 5.92. The predicted molar refractivity (Wildman–Crippen MR) is 104 cm³/mol. The van der Waals surface area contributed by atoms with Gasteiger partial charge in [-0.3, -0.25) is 4.79 Å². The van der Waals surface area contributed by atoms with Crippen LogP contribution < -0.4 is 15.4 Å². The van der Waals surface area contributed by atoms with Gasteiger partial charge in [0.05, 0.1) is 5.02 Å². The van der Waals surface area contributed by atoms with E-state index in [1.165, 1.54) is 6.42 Å². The zero-order chi connectivity index (χ0) is 16.8. The van der Waals surface area contributed by atoms with Crippen LogP contribution in [0, 0.1) is 5.92 Å². The number of ether oxygens (including phenoxy) is 1. The van der Waals surface area contributed by atoms with Gasteiger partial charge in [0.15, 0.2) is 0 Å². The second-order valence-electron chi connectivity index (χ2n) is 6.00. The first-order valence-electron chi connectivity index (χ1n) is 8.24. The average Bonchev–Trinajstić information content (AvgIpc) is 3.10. The molecule has 2 aromatic carbocycles. The summed E-state index contributed by atoms with van der Waals surface area (Å²) in [4.78, 5) is 12.0. The Hall–Kier alpha value is -1.75. The van der Waals surface area contributed by atoms with E-state index in [4.69, 9.17) is 16.3 Å². The van der Waals surface area contributed by atoms with Gasteiger partial charge in [0.25, 0.3) is 0 Å². The molecule has 0 aliphatic carbocycles. The summed E-state index contributed by atoms with van der Waals surface area (Å²) < 4.78 is 5.73. The lowest BCUT2D eigenvalue weighted by Gasteiger charge is -2.10. The fraction of sp³-hybridized carbons (Fsp3) is 0.316. The molecule has 2 N–H and O–H groups in total. The fourth-order valence-corrected chi connectivity index (χ4v) is 2.95. The summed E-state index contributed by atoms with van der Waals surface area (Å²) >= 11 is 6.08. The summed E-state index contributed by atoms with van der Waals surface area (Å²) in [5.74, 6) is 1.98. The van der Waals surface area contributed by atoms with Crippen LogP contribution in [0.5, 0.6) is 11.5 Å². The third-order valence-corrected chi connectivity index (χ3v) is 4.46. The average molecular weight is 381 g/mol. The van der Waals surface area contributed by atoms with Gasteiger partial charge in [0, 0.05) is 12.1 Å². The van der Waals surface area contributed by atoms with Crippen molar-refractivity contribution in [1.82, 2.24) is 5.32 Å². The van der Waals surface area contributed by atoms with Crippen LogP contribution in [-0.4, -0.2) is 19.0 Å². The molecule has 0 radical (unpaired) electrons. The van der Waals surface area contributed by atoms with Crippen LogP contribution in [0.1, 0.15) is 19.3 Å². The maximum atomic E-state index is 12.0. The molecule has 1 unspecified atom stereocenters. The zero-order valence-electron chi connectivity index (χ0n) is 13.8. The number of anilines is 1. The van der Waals surface area contributed by atoms with E-state index in [1.807, 2.05) is 42.5 Å². The highest BCUT2D eigenvalue weighted by Gasteiger charge is 2.15. The number of carbonyl (C=O) groups excluding carboxylic acids is 1. The Morgan fingerprint density at radius 2 is 1.96 bits per heavy atom. The number of amides is 1. The smallest absolute Gasteiger partial charge is 0.224 e. The summed E-state index contributed by atoms with van der Waals surface area (Å²) in [7, 11) is 0. The van der Waals surface area contributed by atoms with E-state index in [0.717, 1.165) is 25.2 Å². The Balaban J connectivity index is 0.00000225. The van der Waals surface area contributed by atoms with Crippen molar-refractivity contribution in [3.8, 4) is 11.5 Å². The molecule has 1 aliphatic rings. The molecule has 1 saturated heterocycles. The largest absolute Gasteiger partial charge is 0.456 e.